The van der Waals surface area contributed by atoms with E-state index in [2.05, 4.69) is 331 Å². The predicted molar refractivity (Wildman–Crippen MR) is 347 cm³/mol. The van der Waals surface area contributed by atoms with Crippen LogP contribution in [0.4, 0.5) is 0 Å². The topological polar surface area (TPSA) is 48.5 Å². The van der Waals surface area contributed by atoms with Gasteiger partial charge in [-0.15, -0.1) is 0 Å². The minimum absolute atomic E-state index is 0.530. The zero-order valence-corrected chi connectivity index (χ0v) is 46.8. The second-order valence-electron chi connectivity index (χ2n) is 21.1. The molecule has 0 N–H and O–H groups in total. The molecule has 0 saturated heterocycles. The lowest BCUT2D eigenvalue weighted by molar-refractivity contribution is 0.893. The van der Waals surface area contributed by atoms with E-state index in [9.17, 15) is 0 Å². The maximum Gasteiger partial charge on any atom is 0.240 e. The second-order valence-corrected chi connectivity index (χ2v) is 28.7. The Bertz CT molecular complexity index is 4390. The number of benzene rings is 12. The lowest BCUT2D eigenvalue weighted by atomic mass is 10.0. The lowest BCUT2D eigenvalue weighted by Crippen LogP contribution is -2.78. The Morgan fingerprint density at radius 1 is 0.207 bits per heavy atom. The SMILES string of the molecule is c1ccc(-c2ccc3c(c2)c2ccccc2n3-c2nc(-c3cc([Si](c4ccccc4)(c4ccccc4)c4ccccc4)cc([Si](c4ccccc4)(c4ccccc4)c4ccccc4)c3)nc(-n3c4ccccc4c4ccccc43)n2)cc1. The Hall–Kier alpha value is -10.3. The van der Waals surface area contributed by atoms with Gasteiger partial charge in [-0.1, -0.05) is 291 Å². The maximum absolute atomic E-state index is 5.84. The first kappa shape index (κ1) is 48.8. The maximum atomic E-state index is 5.84. The summed E-state index contributed by atoms with van der Waals surface area (Å²) in [6.45, 7) is 0. The number of rotatable bonds is 12. The highest BCUT2D eigenvalue weighted by atomic mass is 28.3. The van der Waals surface area contributed by atoms with Crippen LogP contribution < -0.4 is 41.5 Å². The minimum atomic E-state index is -3.25. The third kappa shape index (κ3) is 7.92. The molecule has 7 heteroatoms. The van der Waals surface area contributed by atoms with Gasteiger partial charge in [-0.25, -0.2) is 0 Å². The van der Waals surface area contributed by atoms with Gasteiger partial charge in [-0.2, -0.15) is 15.0 Å². The molecule has 0 aliphatic rings. The van der Waals surface area contributed by atoms with Gasteiger partial charge in [-0.3, -0.25) is 9.13 Å². The molecule has 0 amide bonds. The summed E-state index contributed by atoms with van der Waals surface area (Å²) < 4.78 is 4.49. The van der Waals surface area contributed by atoms with Crippen LogP contribution in [0, 0.1) is 0 Å². The van der Waals surface area contributed by atoms with E-state index in [4.69, 9.17) is 15.0 Å². The molecule has 386 valence electrons. The standard InChI is InChI=1S/C75H53N5Si2/c1-8-28-54(29-9-1)55-48-49-72-68(52-55)67-44-24-27-47-71(67)80(72)75-77-73(76-74(78-75)79-69-45-25-22-42-65(69)66-43-23-26-46-70(66)79)56-50-63(81(57-30-10-2-11-31-57,58-32-12-3-13-33-58)59-34-14-4-15-35-59)53-64(51-56)82(60-36-16-5-17-37-60,61-38-18-6-19-39-61)62-40-20-7-21-41-62/h1-53H. The molecule has 0 bridgehead atoms. The summed E-state index contributed by atoms with van der Waals surface area (Å²) in [5, 5.41) is 14.7. The number of hydrogen-bond acceptors (Lipinski definition) is 3. The first-order chi connectivity index (χ1) is 40.7. The van der Waals surface area contributed by atoms with E-state index in [1.165, 1.54) is 41.5 Å². The molecule has 0 fully saturated rings. The van der Waals surface area contributed by atoms with E-state index in [1.54, 1.807) is 0 Å². The molecule has 12 aromatic carbocycles. The van der Waals surface area contributed by atoms with E-state index in [0.717, 1.165) is 60.3 Å². The normalized spacial score (nSPS) is 11.9. The Morgan fingerprint density at radius 2 is 0.512 bits per heavy atom. The second kappa shape index (κ2) is 20.4. The van der Waals surface area contributed by atoms with Crippen molar-refractivity contribution < 1.29 is 0 Å². The van der Waals surface area contributed by atoms with E-state index >= 15 is 0 Å². The van der Waals surface area contributed by atoms with E-state index < -0.39 is 16.1 Å². The van der Waals surface area contributed by atoms with Crippen LogP contribution in [0.2, 0.25) is 0 Å². The first-order valence-corrected chi connectivity index (χ1v) is 32.0. The van der Waals surface area contributed by atoms with Crippen molar-refractivity contribution in [2.45, 2.75) is 0 Å². The highest BCUT2D eigenvalue weighted by molar-refractivity contribution is 7.22. The van der Waals surface area contributed by atoms with Gasteiger partial charge >= 0.3 is 0 Å². The van der Waals surface area contributed by atoms with Crippen molar-refractivity contribution >= 4 is 101 Å². The zero-order chi connectivity index (χ0) is 54.5. The average Bonchev–Trinajstić information content (AvgIpc) is 2.04. The largest absolute Gasteiger partial charge is 0.278 e. The Kier molecular flexibility index (Phi) is 12.1. The minimum Gasteiger partial charge on any atom is -0.278 e. The molecular weight excluding hydrogens is 1030 g/mol. The quantitative estimate of drug-likeness (QED) is 0.0905. The van der Waals surface area contributed by atoms with Crippen LogP contribution in [0.1, 0.15) is 0 Å². The fourth-order valence-electron chi connectivity index (χ4n) is 13.1. The van der Waals surface area contributed by atoms with Gasteiger partial charge in [0.05, 0.1) is 22.1 Å². The van der Waals surface area contributed by atoms with Gasteiger partial charge in [0, 0.05) is 27.1 Å². The van der Waals surface area contributed by atoms with Crippen molar-refractivity contribution in [3.63, 3.8) is 0 Å². The highest BCUT2D eigenvalue weighted by Crippen LogP contribution is 2.36. The fraction of sp³-hybridized carbons (Fsp3) is 0. The monoisotopic (exact) mass is 1080 g/mol. The molecule has 0 atom stereocenters. The smallest absolute Gasteiger partial charge is 0.240 e. The molecule has 5 nitrogen and oxygen atoms in total. The van der Waals surface area contributed by atoms with E-state index in [0.29, 0.717) is 17.7 Å². The van der Waals surface area contributed by atoms with E-state index in [-0.39, 0.29) is 0 Å². The third-order valence-corrected chi connectivity index (χ3v) is 26.2. The van der Waals surface area contributed by atoms with E-state index in [1.807, 2.05) is 0 Å². The molecule has 15 aromatic rings. The van der Waals surface area contributed by atoms with Gasteiger partial charge in [0.15, 0.2) is 22.0 Å². The van der Waals surface area contributed by atoms with Crippen molar-refractivity contribution in [3.8, 4) is 34.4 Å². The summed E-state index contributed by atoms with van der Waals surface area (Å²) in [5.41, 5.74) is 7.27. The zero-order valence-electron chi connectivity index (χ0n) is 44.8. The van der Waals surface area contributed by atoms with Crippen LogP contribution in [0.3, 0.4) is 0 Å². The summed E-state index contributed by atoms with van der Waals surface area (Å²) in [6, 6.07) is 118. The summed E-state index contributed by atoms with van der Waals surface area (Å²) in [4.78, 5) is 17.3. The third-order valence-electron chi connectivity index (χ3n) is 16.7. The van der Waals surface area contributed by atoms with Gasteiger partial charge in [-0.05, 0) is 83.0 Å². The van der Waals surface area contributed by atoms with Crippen molar-refractivity contribution in [3.05, 3.63) is 322 Å². The lowest BCUT2D eigenvalue weighted by Gasteiger charge is -2.38. The Morgan fingerprint density at radius 3 is 0.878 bits per heavy atom. The molecule has 3 heterocycles. The van der Waals surface area contributed by atoms with Crippen LogP contribution in [0.5, 0.6) is 0 Å². The van der Waals surface area contributed by atoms with Gasteiger partial charge in [0.2, 0.25) is 11.9 Å². The van der Waals surface area contributed by atoms with Gasteiger partial charge in [0.1, 0.15) is 0 Å². The predicted octanol–water partition coefficient (Wildman–Crippen LogP) is 12.2. The summed E-state index contributed by atoms with van der Waals surface area (Å²) in [6.07, 6.45) is 0. The average molecular weight is 1080 g/mol. The van der Waals surface area contributed by atoms with Crippen LogP contribution in [-0.4, -0.2) is 40.2 Å². The highest BCUT2D eigenvalue weighted by Gasteiger charge is 2.46. The van der Waals surface area contributed by atoms with Crippen LogP contribution >= 0.6 is 0 Å². The molecule has 0 saturated carbocycles. The van der Waals surface area contributed by atoms with Crippen molar-refractivity contribution in [2.24, 2.45) is 0 Å². The molecule has 0 radical (unpaired) electrons. The molecule has 15 rings (SSSR count). The molecule has 3 aromatic heterocycles. The van der Waals surface area contributed by atoms with Crippen LogP contribution in [-0.2, 0) is 0 Å². The number of nitrogens with zero attached hydrogens (tertiary/aromatic N) is 5. The fourth-order valence-corrected chi connectivity index (χ4v) is 22.9. The molecule has 0 spiro atoms. The molecule has 0 aliphatic heterocycles. The number of para-hydroxylation sites is 3. The molecular formula is C75H53N5Si2. The van der Waals surface area contributed by atoms with Crippen molar-refractivity contribution in [1.82, 2.24) is 24.1 Å². The summed E-state index contributed by atoms with van der Waals surface area (Å²) in [7, 11) is -6.50. The number of fused-ring (bicyclic) bond motifs is 6. The Labute approximate surface area is 478 Å². The molecule has 0 aliphatic carbocycles. The van der Waals surface area contributed by atoms with Gasteiger partial charge < -0.3 is 0 Å². The molecule has 0 unspecified atom stereocenters. The number of aromatic nitrogens is 5. The number of hydrogen-bond donors (Lipinski definition) is 0. The van der Waals surface area contributed by atoms with Crippen LogP contribution in [0.15, 0.2) is 322 Å². The Balaban J connectivity index is 1.12. The molecule has 82 heavy (non-hydrogen) atoms. The summed E-state index contributed by atoms with van der Waals surface area (Å²) in [5.74, 6) is 1.64. The van der Waals surface area contributed by atoms with Crippen molar-refractivity contribution in [1.29, 1.82) is 0 Å². The van der Waals surface area contributed by atoms with Gasteiger partial charge in [0.25, 0.3) is 0 Å². The summed E-state index contributed by atoms with van der Waals surface area (Å²) >= 11 is 0. The van der Waals surface area contributed by atoms with Crippen LogP contribution in [0.25, 0.3) is 78.0 Å². The first-order valence-electron chi connectivity index (χ1n) is 28.0. The van der Waals surface area contributed by atoms with Crippen molar-refractivity contribution in [2.75, 3.05) is 0 Å².